The second-order valence-electron chi connectivity index (χ2n) is 4.12. The molecule has 4 nitrogen and oxygen atoms in total. The van der Waals surface area contributed by atoms with Crippen molar-refractivity contribution in [2.75, 3.05) is 0 Å². The van der Waals surface area contributed by atoms with Gasteiger partial charge in [0.05, 0.1) is 11.8 Å². The maximum atomic E-state index is 11.8. The first-order valence-corrected chi connectivity index (χ1v) is 5.35. The van der Waals surface area contributed by atoms with E-state index >= 15 is 0 Å². The van der Waals surface area contributed by atoms with Crippen LogP contribution in [0, 0.1) is 5.92 Å². The van der Waals surface area contributed by atoms with Crippen LogP contribution in [0.5, 0.6) is 0 Å². The molecule has 0 aliphatic rings. The molecule has 0 aromatic carbocycles. The number of aromatic nitrogens is 2. The van der Waals surface area contributed by atoms with Gasteiger partial charge in [-0.2, -0.15) is 5.10 Å². The predicted octanol–water partition coefficient (Wildman–Crippen LogP) is 1.46. The van der Waals surface area contributed by atoms with Crippen molar-refractivity contribution in [2.24, 2.45) is 11.7 Å². The molecular formula is C11H19N3O. The van der Waals surface area contributed by atoms with Crippen molar-refractivity contribution in [1.82, 2.24) is 9.78 Å². The summed E-state index contributed by atoms with van der Waals surface area (Å²) in [4.78, 5) is 11.8. The van der Waals surface area contributed by atoms with E-state index in [0.717, 1.165) is 6.54 Å². The second-order valence-corrected chi connectivity index (χ2v) is 4.12. The third-order valence-corrected chi connectivity index (χ3v) is 2.56. The smallest absolute Gasteiger partial charge is 0.167 e. The third-order valence-electron chi connectivity index (χ3n) is 2.56. The number of carbonyl (C=O) groups excluding carboxylic acids is 1. The van der Waals surface area contributed by atoms with Gasteiger partial charge in [0.15, 0.2) is 5.78 Å². The minimum Gasteiger partial charge on any atom is -0.327 e. The van der Waals surface area contributed by atoms with E-state index in [4.69, 9.17) is 5.73 Å². The molecular weight excluding hydrogens is 190 g/mol. The van der Waals surface area contributed by atoms with Crippen molar-refractivity contribution >= 4 is 5.78 Å². The first kappa shape index (κ1) is 11.9. The molecule has 1 unspecified atom stereocenters. The van der Waals surface area contributed by atoms with Crippen LogP contribution in [0.3, 0.4) is 0 Å². The summed E-state index contributed by atoms with van der Waals surface area (Å²) >= 11 is 0. The van der Waals surface area contributed by atoms with E-state index in [-0.39, 0.29) is 11.8 Å². The van der Waals surface area contributed by atoms with Crippen LogP contribution in [0.1, 0.15) is 37.6 Å². The number of Topliss-reactive ketones (excluding diaryl/α,β-unsaturated/α-hetero) is 1. The lowest BCUT2D eigenvalue weighted by Gasteiger charge is -2.13. The number of hydrogen-bond acceptors (Lipinski definition) is 3. The van der Waals surface area contributed by atoms with Crippen molar-refractivity contribution in [2.45, 2.75) is 39.8 Å². The van der Waals surface area contributed by atoms with Gasteiger partial charge in [0.1, 0.15) is 0 Å². The Bertz CT molecular complexity index is 330. The molecule has 1 atom stereocenters. The maximum Gasteiger partial charge on any atom is 0.167 e. The molecule has 15 heavy (non-hydrogen) atoms. The van der Waals surface area contributed by atoms with Gasteiger partial charge in [-0.15, -0.1) is 0 Å². The molecule has 1 aromatic rings. The van der Waals surface area contributed by atoms with Crippen LogP contribution in [0.2, 0.25) is 0 Å². The average molecular weight is 209 g/mol. The highest BCUT2D eigenvalue weighted by atomic mass is 16.1. The van der Waals surface area contributed by atoms with E-state index in [2.05, 4.69) is 5.10 Å². The molecule has 1 rings (SSSR count). The van der Waals surface area contributed by atoms with Crippen LogP contribution in [-0.4, -0.2) is 21.6 Å². The highest BCUT2D eigenvalue weighted by Crippen LogP contribution is 2.09. The van der Waals surface area contributed by atoms with Crippen LogP contribution in [0.25, 0.3) is 0 Å². The standard InChI is InChI=1S/C11H19N3O/c1-4-14-7-9(6-13-14)11(15)5-10(12)8(2)3/h6-8,10H,4-5,12H2,1-3H3. The molecule has 0 saturated heterocycles. The van der Waals surface area contributed by atoms with Crippen LogP contribution >= 0.6 is 0 Å². The molecule has 0 fully saturated rings. The molecule has 0 aliphatic heterocycles. The Morgan fingerprint density at radius 1 is 1.60 bits per heavy atom. The van der Waals surface area contributed by atoms with Crippen molar-refractivity contribution in [3.05, 3.63) is 18.0 Å². The minimum atomic E-state index is -0.0672. The Morgan fingerprint density at radius 2 is 2.27 bits per heavy atom. The summed E-state index contributed by atoms with van der Waals surface area (Å²) in [5.74, 6) is 0.408. The number of hydrogen-bond donors (Lipinski definition) is 1. The fourth-order valence-corrected chi connectivity index (χ4v) is 1.25. The first-order chi connectivity index (χ1) is 7.04. The average Bonchev–Trinajstić information content (AvgIpc) is 2.65. The lowest BCUT2D eigenvalue weighted by Crippen LogP contribution is -2.29. The largest absolute Gasteiger partial charge is 0.327 e. The number of nitrogens with zero attached hydrogens (tertiary/aromatic N) is 2. The van der Waals surface area contributed by atoms with E-state index in [1.54, 1.807) is 17.1 Å². The molecule has 0 radical (unpaired) electrons. The van der Waals surface area contributed by atoms with E-state index < -0.39 is 0 Å². The summed E-state index contributed by atoms with van der Waals surface area (Å²) in [5, 5.41) is 4.06. The zero-order chi connectivity index (χ0) is 11.4. The Kier molecular flexibility index (Phi) is 4.03. The molecule has 84 valence electrons. The van der Waals surface area contributed by atoms with E-state index in [9.17, 15) is 4.79 Å². The second kappa shape index (κ2) is 5.07. The van der Waals surface area contributed by atoms with Crippen molar-refractivity contribution in [1.29, 1.82) is 0 Å². The number of aryl methyl sites for hydroxylation is 1. The van der Waals surface area contributed by atoms with Gasteiger partial charge in [0.2, 0.25) is 0 Å². The van der Waals surface area contributed by atoms with Gasteiger partial charge in [-0.3, -0.25) is 9.48 Å². The van der Waals surface area contributed by atoms with Crippen molar-refractivity contribution in [3.63, 3.8) is 0 Å². The quantitative estimate of drug-likeness (QED) is 0.747. The fourth-order valence-electron chi connectivity index (χ4n) is 1.25. The summed E-state index contributed by atoms with van der Waals surface area (Å²) in [6.45, 7) is 6.81. The SMILES string of the molecule is CCn1cc(C(=O)CC(N)C(C)C)cn1. The molecule has 1 aromatic heterocycles. The summed E-state index contributed by atoms with van der Waals surface area (Å²) in [6, 6.07) is -0.0672. The van der Waals surface area contributed by atoms with Gasteiger partial charge in [-0.05, 0) is 12.8 Å². The van der Waals surface area contributed by atoms with Gasteiger partial charge < -0.3 is 5.73 Å². The number of rotatable bonds is 5. The van der Waals surface area contributed by atoms with Crippen molar-refractivity contribution < 1.29 is 4.79 Å². The molecule has 0 aliphatic carbocycles. The summed E-state index contributed by atoms with van der Waals surface area (Å²) in [5.41, 5.74) is 6.51. The maximum absolute atomic E-state index is 11.8. The molecule has 0 spiro atoms. The van der Waals surface area contributed by atoms with Gasteiger partial charge in [-0.25, -0.2) is 0 Å². The van der Waals surface area contributed by atoms with E-state index in [1.807, 2.05) is 20.8 Å². The number of carbonyl (C=O) groups is 1. The van der Waals surface area contributed by atoms with Gasteiger partial charge in [0, 0.05) is 25.2 Å². The van der Waals surface area contributed by atoms with Crippen molar-refractivity contribution in [3.8, 4) is 0 Å². The summed E-state index contributed by atoms with van der Waals surface area (Å²) < 4.78 is 1.74. The molecule has 1 heterocycles. The van der Waals surface area contributed by atoms with E-state index in [0.29, 0.717) is 17.9 Å². The Labute approximate surface area is 90.5 Å². The lowest BCUT2D eigenvalue weighted by molar-refractivity contribution is 0.0967. The normalized spacial score (nSPS) is 13.1. The predicted molar refractivity (Wildman–Crippen MR) is 59.7 cm³/mol. The summed E-state index contributed by atoms with van der Waals surface area (Å²) in [6.07, 6.45) is 3.78. The third kappa shape index (κ3) is 3.16. The zero-order valence-corrected chi connectivity index (χ0v) is 9.60. The Hall–Kier alpha value is -1.16. The lowest BCUT2D eigenvalue weighted by atomic mass is 9.98. The highest BCUT2D eigenvalue weighted by Gasteiger charge is 2.15. The summed E-state index contributed by atoms with van der Waals surface area (Å²) in [7, 11) is 0. The molecule has 0 bridgehead atoms. The molecule has 2 N–H and O–H groups in total. The van der Waals surface area contributed by atoms with Gasteiger partial charge >= 0.3 is 0 Å². The van der Waals surface area contributed by atoms with E-state index in [1.165, 1.54) is 0 Å². The van der Waals surface area contributed by atoms with Crippen LogP contribution in [0.15, 0.2) is 12.4 Å². The monoisotopic (exact) mass is 209 g/mol. The molecule has 0 saturated carbocycles. The van der Waals surface area contributed by atoms with Crippen LogP contribution in [-0.2, 0) is 6.54 Å². The first-order valence-electron chi connectivity index (χ1n) is 5.35. The van der Waals surface area contributed by atoms with Crippen LogP contribution < -0.4 is 5.73 Å². The zero-order valence-electron chi connectivity index (χ0n) is 9.60. The Balaban J connectivity index is 2.61. The topological polar surface area (TPSA) is 60.9 Å². The minimum absolute atomic E-state index is 0.0672. The van der Waals surface area contributed by atoms with Crippen LogP contribution in [0.4, 0.5) is 0 Å². The molecule has 0 amide bonds. The highest BCUT2D eigenvalue weighted by molar-refractivity contribution is 5.95. The van der Waals surface area contributed by atoms with Gasteiger partial charge in [0.25, 0.3) is 0 Å². The number of nitrogens with two attached hydrogens (primary N) is 1. The molecule has 4 heteroatoms. The Morgan fingerprint density at radius 3 is 2.73 bits per heavy atom. The fraction of sp³-hybridized carbons (Fsp3) is 0.636. The number of ketones is 1. The van der Waals surface area contributed by atoms with Gasteiger partial charge in [-0.1, -0.05) is 13.8 Å².